The summed E-state index contributed by atoms with van der Waals surface area (Å²) >= 11 is 2.87. The molecule has 0 bridgehead atoms. The molecule has 4 heteroatoms. The van der Waals surface area contributed by atoms with Crippen LogP contribution in [0.4, 0.5) is 0 Å². The average molecular weight is 180 g/mol. The molecule has 0 fully saturated rings. The molecule has 0 aliphatic carbocycles. The van der Waals surface area contributed by atoms with Crippen LogP contribution in [0.5, 0.6) is 0 Å². The van der Waals surface area contributed by atoms with Gasteiger partial charge in [-0.2, -0.15) is 0 Å². The number of nitriles is 1. The van der Waals surface area contributed by atoms with Gasteiger partial charge in [-0.3, -0.25) is 0 Å². The van der Waals surface area contributed by atoms with Gasteiger partial charge >= 0.3 is 76.7 Å². The maximum absolute atomic E-state index is 8.15. The molecule has 0 amide bonds. The van der Waals surface area contributed by atoms with Crippen molar-refractivity contribution >= 4 is 15.1 Å². The van der Waals surface area contributed by atoms with Crippen molar-refractivity contribution in [3.8, 4) is 4.97 Å². The second-order valence-corrected chi connectivity index (χ2v) is 3.18. The van der Waals surface area contributed by atoms with Crippen molar-refractivity contribution in [1.29, 1.82) is 5.26 Å². The molecule has 1 rings (SSSR count). The van der Waals surface area contributed by atoms with Gasteiger partial charge in [0.15, 0.2) is 0 Å². The van der Waals surface area contributed by atoms with Crippen LogP contribution in [-0.4, -0.2) is 0 Å². The Kier molecular flexibility index (Phi) is 5.29. The Bertz CT molecular complexity index is 191. The third-order valence-electron chi connectivity index (χ3n) is 0.573. The number of rotatable bonds is 1. The number of thiophene rings is 1. The first-order chi connectivity index (χ1) is 3.93. The Morgan fingerprint density at radius 3 is 2.89 bits per heavy atom. The Morgan fingerprint density at radius 2 is 2.44 bits per heavy atom. The molecule has 0 aromatic carbocycles. The van der Waals surface area contributed by atoms with Gasteiger partial charge in [-0.25, -0.2) is 0 Å². The fourth-order valence-electron chi connectivity index (χ4n) is 0.322. The van der Waals surface area contributed by atoms with Gasteiger partial charge in [0.1, 0.15) is 0 Å². The minimum absolute atomic E-state index is 0. The van der Waals surface area contributed by atoms with E-state index in [-0.39, 0.29) is 18.9 Å². The first-order valence-electron chi connectivity index (χ1n) is 1.92. The zero-order valence-corrected chi connectivity index (χ0v) is 6.65. The van der Waals surface area contributed by atoms with E-state index in [0.29, 0.717) is 0 Å². The van der Waals surface area contributed by atoms with Gasteiger partial charge in [-0.05, 0) is 0 Å². The van der Waals surface area contributed by atoms with E-state index in [0.717, 1.165) is 3.78 Å². The van der Waals surface area contributed by atoms with E-state index in [2.05, 4.69) is 0 Å². The van der Waals surface area contributed by atoms with Crippen molar-refractivity contribution in [1.82, 2.24) is 0 Å². The fourth-order valence-corrected chi connectivity index (χ4v) is 1.54. The van der Waals surface area contributed by atoms with Crippen molar-refractivity contribution < 1.29 is 33.8 Å². The van der Waals surface area contributed by atoms with Crippen LogP contribution in [-0.2, 0) is 15.0 Å². The van der Waals surface area contributed by atoms with E-state index in [1.165, 1.54) is 15.0 Å². The molecule has 1 nitrogen and oxygen atoms in total. The quantitative estimate of drug-likeness (QED) is 0.455. The monoisotopic (exact) mass is 179 g/mol. The molecule has 0 radical (unpaired) electrons. The molecule has 0 aliphatic rings. The second kappa shape index (κ2) is 5.12. The van der Waals surface area contributed by atoms with Crippen molar-refractivity contribution in [2.75, 3.05) is 0 Å². The standard InChI is InChI=1S/C4H3S.CN.Cu.Li/c1-2-4-5-3-1;1-2;;/h1-3H;;;/q;;-1;+1. The Labute approximate surface area is 76.4 Å². The Hall–Kier alpha value is 0.307. The van der Waals surface area contributed by atoms with E-state index in [9.17, 15) is 0 Å². The zero-order valence-electron chi connectivity index (χ0n) is 4.89. The SMILES string of the molecule is N#[C][Cu-][c]1cccs1.[Li+]. The van der Waals surface area contributed by atoms with E-state index in [1.54, 1.807) is 11.3 Å². The minimum atomic E-state index is 0. The molecule has 0 aliphatic heterocycles. The average Bonchev–Trinajstić information content (AvgIpc) is 2.19. The van der Waals surface area contributed by atoms with Crippen LogP contribution in [0.1, 0.15) is 0 Å². The molecule has 1 heterocycles. The molecule has 9 heavy (non-hydrogen) atoms. The molecule has 46 valence electrons. The van der Waals surface area contributed by atoms with Crippen LogP contribution in [0.15, 0.2) is 17.5 Å². The largest absolute Gasteiger partial charge is 1.00 e. The molecule has 0 N–H and O–H groups in total. The smallest absolute Gasteiger partial charge is 1.00 e. The summed E-state index contributed by atoms with van der Waals surface area (Å²) in [5.74, 6) is 0. The summed E-state index contributed by atoms with van der Waals surface area (Å²) in [4.78, 5) is 1.99. The van der Waals surface area contributed by atoms with Gasteiger partial charge in [0, 0.05) is 0 Å². The van der Waals surface area contributed by atoms with Crippen molar-refractivity contribution in [3.05, 3.63) is 17.5 Å². The maximum Gasteiger partial charge on any atom is 1.00 e. The predicted octanol–water partition coefficient (Wildman–Crippen LogP) is -2.06. The summed E-state index contributed by atoms with van der Waals surface area (Å²) in [6.45, 7) is 0. The molecule has 0 saturated carbocycles. The summed E-state index contributed by atoms with van der Waals surface area (Å²) in [6, 6.07) is 3.86. The molecule has 0 unspecified atom stereocenters. The normalized spacial score (nSPS) is 7.89. The van der Waals surface area contributed by atoms with E-state index >= 15 is 0 Å². The first-order valence-corrected chi connectivity index (χ1v) is 3.74. The van der Waals surface area contributed by atoms with E-state index in [4.69, 9.17) is 5.26 Å². The number of nitrogens with zero attached hydrogens (tertiary/aromatic N) is 1. The Balaban J connectivity index is 0.000000640. The van der Waals surface area contributed by atoms with Crippen LogP contribution < -0.4 is 22.6 Å². The molecule has 0 spiro atoms. The summed E-state index contributed by atoms with van der Waals surface area (Å²) in [7, 11) is 0. The minimum Gasteiger partial charge on any atom is 1.00 e. The Morgan fingerprint density at radius 1 is 1.67 bits per heavy atom. The van der Waals surface area contributed by atoms with Gasteiger partial charge in [0.2, 0.25) is 0 Å². The zero-order chi connectivity index (χ0) is 5.82. The number of hydrogen-bond acceptors (Lipinski definition) is 2. The molecule has 0 saturated heterocycles. The fraction of sp³-hybridized carbons (Fsp3) is 0. The third-order valence-corrected chi connectivity index (χ3v) is 2.29. The summed E-state index contributed by atoms with van der Waals surface area (Å²) in [5.41, 5.74) is 0. The molecule has 0 atom stereocenters. The van der Waals surface area contributed by atoms with Crippen LogP contribution in [0.25, 0.3) is 0 Å². The van der Waals surface area contributed by atoms with Crippen molar-refractivity contribution in [2.24, 2.45) is 0 Å². The van der Waals surface area contributed by atoms with Crippen molar-refractivity contribution in [3.63, 3.8) is 0 Å². The van der Waals surface area contributed by atoms with E-state index < -0.39 is 0 Å². The van der Waals surface area contributed by atoms with Gasteiger partial charge in [0.05, 0.1) is 0 Å². The molecular formula is C5H3CuLiNS. The van der Waals surface area contributed by atoms with Gasteiger partial charge in [-0.1, -0.05) is 0 Å². The van der Waals surface area contributed by atoms with Crippen LogP contribution in [0.2, 0.25) is 0 Å². The third kappa shape index (κ3) is 3.11. The van der Waals surface area contributed by atoms with E-state index in [1.807, 2.05) is 22.5 Å². The molecule has 1 aromatic rings. The summed E-state index contributed by atoms with van der Waals surface area (Å²) < 4.78 is 1.05. The van der Waals surface area contributed by atoms with Crippen LogP contribution in [0, 0.1) is 10.2 Å². The molecular weight excluding hydrogens is 177 g/mol. The van der Waals surface area contributed by atoms with Crippen LogP contribution in [0.3, 0.4) is 0 Å². The maximum atomic E-state index is 8.15. The molecule has 1 aromatic heterocycles. The van der Waals surface area contributed by atoms with Gasteiger partial charge in [0.25, 0.3) is 0 Å². The second-order valence-electron chi connectivity index (χ2n) is 1.02. The summed E-state index contributed by atoms with van der Waals surface area (Å²) in [5, 5.41) is 10.1. The van der Waals surface area contributed by atoms with Crippen LogP contribution >= 0.6 is 11.3 Å². The van der Waals surface area contributed by atoms with Crippen molar-refractivity contribution in [2.45, 2.75) is 0 Å². The predicted molar refractivity (Wildman–Crippen MR) is 29.6 cm³/mol. The summed E-state index contributed by atoms with van der Waals surface area (Å²) in [6.07, 6.45) is 0. The van der Waals surface area contributed by atoms with Gasteiger partial charge in [-0.15, -0.1) is 0 Å². The topological polar surface area (TPSA) is 23.8 Å². The first kappa shape index (κ1) is 9.31. The number of hydrogen-bond donors (Lipinski definition) is 0. The van der Waals surface area contributed by atoms with Gasteiger partial charge < -0.3 is 0 Å².